The molecule has 1 heterocycles. The van der Waals surface area contributed by atoms with Crippen LogP contribution < -0.4 is 4.90 Å². The fourth-order valence-electron chi connectivity index (χ4n) is 6.17. The van der Waals surface area contributed by atoms with E-state index in [9.17, 15) is 9.59 Å². The van der Waals surface area contributed by atoms with Crippen molar-refractivity contribution in [2.45, 2.75) is 38.0 Å². The van der Waals surface area contributed by atoms with E-state index in [2.05, 4.69) is 44.2 Å². The molecule has 5 heteroatoms. The molecule has 7 rings (SSSR count). The van der Waals surface area contributed by atoms with Crippen molar-refractivity contribution >= 4 is 40.7 Å². The lowest BCUT2D eigenvalue weighted by Crippen LogP contribution is -2.41. The first-order chi connectivity index (χ1) is 15.9. The number of rotatable bonds is 3. The second-order valence-corrected chi connectivity index (χ2v) is 10.3. The molecule has 2 bridgehead atoms. The van der Waals surface area contributed by atoms with Gasteiger partial charge in [0.15, 0.2) is 0 Å². The lowest BCUT2D eigenvalue weighted by molar-refractivity contribution is -0.122. The summed E-state index contributed by atoms with van der Waals surface area (Å²) in [6.07, 6.45) is 1.05. The molecule has 33 heavy (non-hydrogen) atoms. The molecule has 0 N–H and O–H groups in total. The number of hydrogen-bond donors (Lipinski definition) is 0. The van der Waals surface area contributed by atoms with Crippen LogP contribution in [0.2, 0.25) is 10.0 Å². The Morgan fingerprint density at radius 1 is 0.788 bits per heavy atom. The molecule has 3 nitrogen and oxygen atoms in total. The van der Waals surface area contributed by atoms with Crippen molar-refractivity contribution in [1.82, 2.24) is 0 Å². The Labute approximate surface area is 203 Å². The van der Waals surface area contributed by atoms with Gasteiger partial charge in [0, 0.05) is 11.8 Å². The van der Waals surface area contributed by atoms with Crippen LogP contribution in [0.15, 0.2) is 60.7 Å². The number of nitrogens with zero attached hydrogens (tertiary/aromatic N) is 1. The maximum absolute atomic E-state index is 13.9. The Bertz CT molecular complexity index is 1330. The largest absolute Gasteiger partial charge is 0.274 e. The van der Waals surface area contributed by atoms with Gasteiger partial charge in [-0.05, 0) is 58.4 Å². The second kappa shape index (κ2) is 7.44. The molecule has 2 amide bonds. The van der Waals surface area contributed by atoms with Crippen molar-refractivity contribution in [3.8, 4) is 0 Å². The second-order valence-electron chi connectivity index (χ2n) is 9.44. The number of amides is 2. The quantitative estimate of drug-likeness (QED) is 0.386. The molecule has 1 aliphatic heterocycles. The van der Waals surface area contributed by atoms with Gasteiger partial charge in [-0.2, -0.15) is 0 Å². The molecule has 0 saturated carbocycles. The van der Waals surface area contributed by atoms with Gasteiger partial charge in [0.1, 0.15) is 0 Å². The Morgan fingerprint density at radius 3 is 2.00 bits per heavy atom. The van der Waals surface area contributed by atoms with Gasteiger partial charge < -0.3 is 0 Å². The Morgan fingerprint density at radius 2 is 1.39 bits per heavy atom. The number of benzene rings is 3. The van der Waals surface area contributed by atoms with E-state index in [0.29, 0.717) is 21.7 Å². The predicted octanol–water partition coefficient (Wildman–Crippen LogP) is 6.90. The topological polar surface area (TPSA) is 37.4 Å². The molecule has 4 aliphatic rings. The first-order valence-electron chi connectivity index (χ1n) is 11.5. The molecule has 0 radical (unpaired) electrons. The molecule has 3 aromatic carbocycles. The summed E-state index contributed by atoms with van der Waals surface area (Å²) in [6, 6.07) is 19.9. The van der Waals surface area contributed by atoms with E-state index < -0.39 is 11.8 Å². The number of hydrogen-bond acceptors (Lipinski definition) is 2. The molecule has 1 saturated heterocycles. The molecule has 0 aromatic heterocycles. The summed E-state index contributed by atoms with van der Waals surface area (Å²) in [5, 5.41) is 0.728. The average Bonchev–Trinajstić information content (AvgIpc) is 3.10. The van der Waals surface area contributed by atoms with Gasteiger partial charge in [0.2, 0.25) is 11.8 Å². The van der Waals surface area contributed by atoms with E-state index in [1.807, 2.05) is 12.1 Å². The SMILES string of the molecule is CCC(C)c1ccc2c(c1)C1c3ccccc3C2C2C(=O)N(c3ccc(Cl)c(Cl)c3)C(=O)C12. The maximum Gasteiger partial charge on any atom is 0.238 e. The van der Waals surface area contributed by atoms with E-state index in [-0.39, 0.29) is 23.7 Å². The zero-order valence-electron chi connectivity index (χ0n) is 18.4. The van der Waals surface area contributed by atoms with Crippen LogP contribution in [0.5, 0.6) is 0 Å². The number of carbonyl (C=O) groups is 2. The molecule has 5 atom stereocenters. The first-order valence-corrected chi connectivity index (χ1v) is 12.2. The van der Waals surface area contributed by atoms with Crippen LogP contribution >= 0.6 is 23.2 Å². The van der Waals surface area contributed by atoms with Gasteiger partial charge >= 0.3 is 0 Å². The Hall–Kier alpha value is -2.62. The normalized spacial score (nSPS) is 25.6. The molecular weight excluding hydrogens is 453 g/mol. The van der Waals surface area contributed by atoms with Gasteiger partial charge in [0.25, 0.3) is 0 Å². The van der Waals surface area contributed by atoms with Crippen molar-refractivity contribution in [3.63, 3.8) is 0 Å². The number of carbonyl (C=O) groups excluding carboxylic acids is 2. The summed E-state index contributed by atoms with van der Waals surface area (Å²) in [5.74, 6) is -0.923. The van der Waals surface area contributed by atoms with Gasteiger partial charge in [-0.3, -0.25) is 9.59 Å². The van der Waals surface area contributed by atoms with Crippen LogP contribution in [0.1, 0.15) is 65.8 Å². The molecule has 166 valence electrons. The summed E-state index contributed by atoms with van der Waals surface area (Å²) < 4.78 is 0. The van der Waals surface area contributed by atoms with Gasteiger partial charge in [-0.15, -0.1) is 0 Å². The zero-order chi connectivity index (χ0) is 23.0. The van der Waals surface area contributed by atoms with E-state index in [4.69, 9.17) is 23.2 Å². The molecule has 1 fully saturated rings. The maximum atomic E-state index is 13.9. The smallest absolute Gasteiger partial charge is 0.238 e. The Balaban J connectivity index is 1.54. The van der Waals surface area contributed by atoms with Crippen molar-refractivity contribution in [1.29, 1.82) is 0 Å². The molecule has 3 aliphatic carbocycles. The first kappa shape index (κ1) is 20.9. The summed E-state index contributed by atoms with van der Waals surface area (Å²) in [5.41, 5.74) is 6.51. The summed E-state index contributed by atoms with van der Waals surface area (Å²) in [6.45, 7) is 4.42. The number of halogens is 2. The molecular formula is C28H23Cl2NO2. The summed E-state index contributed by atoms with van der Waals surface area (Å²) in [4.78, 5) is 29.0. The fraction of sp³-hybridized carbons (Fsp3) is 0.286. The highest BCUT2D eigenvalue weighted by Gasteiger charge is 2.61. The molecule has 5 unspecified atom stereocenters. The Kier molecular flexibility index (Phi) is 4.73. The summed E-state index contributed by atoms with van der Waals surface area (Å²) >= 11 is 12.3. The van der Waals surface area contributed by atoms with E-state index in [1.54, 1.807) is 18.2 Å². The third-order valence-corrected chi connectivity index (χ3v) is 8.65. The van der Waals surface area contributed by atoms with Crippen LogP contribution in [0.3, 0.4) is 0 Å². The highest BCUT2D eigenvalue weighted by molar-refractivity contribution is 6.42. The van der Waals surface area contributed by atoms with Gasteiger partial charge in [-0.1, -0.05) is 79.5 Å². The van der Waals surface area contributed by atoms with Crippen LogP contribution in [0.25, 0.3) is 0 Å². The number of anilines is 1. The van der Waals surface area contributed by atoms with E-state index in [0.717, 1.165) is 6.42 Å². The minimum Gasteiger partial charge on any atom is -0.274 e. The van der Waals surface area contributed by atoms with E-state index in [1.165, 1.54) is 32.7 Å². The van der Waals surface area contributed by atoms with Crippen molar-refractivity contribution < 1.29 is 9.59 Å². The molecule has 3 aromatic rings. The van der Waals surface area contributed by atoms with Crippen LogP contribution in [-0.2, 0) is 9.59 Å². The minimum absolute atomic E-state index is 0.124. The van der Waals surface area contributed by atoms with Gasteiger partial charge in [-0.25, -0.2) is 4.90 Å². The lowest BCUT2D eigenvalue weighted by atomic mass is 9.54. The molecule has 0 spiro atoms. The third-order valence-electron chi connectivity index (χ3n) is 7.91. The van der Waals surface area contributed by atoms with Crippen LogP contribution in [0.4, 0.5) is 5.69 Å². The summed E-state index contributed by atoms with van der Waals surface area (Å²) in [7, 11) is 0. The highest BCUT2D eigenvalue weighted by atomic mass is 35.5. The standard InChI is InChI=1S/C28H23Cl2NO2/c1-3-14(2)15-8-10-19-20(12-15)24-18-7-5-4-6-17(18)23(19)25-26(24)28(33)31(27(25)32)16-9-11-21(29)22(30)13-16/h4-14,23-26H,3H2,1-2H3. The van der Waals surface area contributed by atoms with Crippen molar-refractivity contribution in [2.75, 3.05) is 4.90 Å². The third kappa shape index (κ3) is 2.82. The number of imide groups is 1. The predicted molar refractivity (Wildman–Crippen MR) is 131 cm³/mol. The minimum atomic E-state index is -0.411. The van der Waals surface area contributed by atoms with Crippen LogP contribution in [0, 0.1) is 11.8 Å². The van der Waals surface area contributed by atoms with Gasteiger partial charge in [0.05, 0.1) is 27.6 Å². The highest BCUT2D eigenvalue weighted by Crippen LogP contribution is 2.61. The fourth-order valence-corrected chi connectivity index (χ4v) is 6.46. The van der Waals surface area contributed by atoms with E-state index >= 15 is 0 Å². The average molecular weight is 476 g/mol. The zero-order valence-corrected chi connectivity index (χ0v) is 19.9. The monoisotopic (exact) mass is 475 g/mol. The lowest BCUT2D eigenvalue weighted by Gasteiger charge is -2.46. The van der Waals surface area contributed by atoms with Crippen molar-refractivity contribution in [2.24, 2.45) is 11.8 Å². The van der Waals surface area contributed by atoms with Crippen molar-refractivity contribution in [3.05, 3.63) is 98.5 Å². The van der Waals surface area contributed by atoms with Crippen LogP contribution in [-0.4, -0.2) is 11.8 Å².